The summed E-state index contributed by atoms with van der Waals surface area (Å²) in [4.78, 5) is 2.40. The maximum atomic E-state index is 6.12. The van der Waals surface area contributed by atoms with E-state index in [0.29, 0.717) is 6.10 Å². The van der Waals surface area contributed by atoms with Crippen molar-refractivity contribution in [1.82, 2.24) is 0 Å². The van der Waals surface area contributed by atoms with E-state index in [-0.39, 0.29) is 12.4 Å². The monoisotopic (exact) mass is 325 g/mol. The molecule has 2 N–H and O–H groups in total. The first kappa shape index (κ1) is 17.4. The van der Waals surface area contributed by atoms with Crippen LogP contribution in [0.3, 0.4) is 0 Å². The number of hydrogen-bond acceptors (Lipinski definition) is 3. The molecule has 1 aromatic carbocycles. The molecule has 2 fully saturated rings. The van der Waals surface area contributed by atoms with E-state index in [9.17, 15) is 0 Å². The highest BCUT2D eigenvalue weighted by Crippen LogP contribution is 2.23. The lowest BCUT2D eigenvalue weighted by atomic mass is 10.2. The largest absolute Gasteiger partial charge is 1.00 e. The van der Waals surface area contributed by atoms with Crippen LogP contribution < -0.4 is 23.0 Å². The maximum Gasteiger partial charge on any atom is 0.102 e. The normalized spacial score (nSPS) is 23.5. The summed E-state index contributed by atoms with van der Waals surface area (Å²) >= 11 is 0. The third-order valence-electron chi connectivity index (χ3n) is 5.03. The fourth-order valence-corrected chi connectivity index (χ4v) is 3.55. The Labute approximate surface area is 140 Å². The van der Waals surface area contributed by atoms with Crippen LogP contribution in [0.1, 0.15) is 19.3 Å². The first-order valence-corrected chi connectivity index (χ1v) is 8.20. The number of ether oxygens (including phenoxy) is 1. The van der Waals surface area contributed by atoms with Crippen molar-refractivity contribution in [3.63, 3.8) is 0 Å². The van der Waals surface area contributed by atoms with E-state index in [1.54, 1.807) is 0 Å². The minimum absolute atomic E-state index is 0. The van der Waals surface area contributed by atoms with Crippen molar-refractivity contribution in [3.8, 4) is 0 Å². The predicted octanol–water partition coefficient (Wildman–Crippen LogP) is -0.891. The lowest BCUT2D eigenvalue weighted by Crippen LogP contribution is -3.00. The number of anilines is 2. The van der Waals surface area contributed by atoms with Crippen LogP contribution in [0.2, 0.25) is 0 Å². The smallest absolute Gasteiger partial charge is 0.102 e. The van der Waals surface area contributed by atoms with Crippen molar-refractivity contribution in [3.05, 3.63) is 24.3 Å². The van der Waals surface area contributed by atoms with Gasteiger partial charge in [0.1, 0.15) is 6.54 Å². The van der Waals surface area contributed by atoms with Crippen molar-refractivity contribution in [2.75, 3.05) is 57.0 Å². The van der Waals surface area contributed by atoms with Crippen LogP contribution in [0, 0.1) is 0 Å². The summed E-state index contributed by atoms with van der Waals surface area (Å²) < 4.78 is 7.33. The first-order valence-electron chi connectivity index (χ1n) is 8.20. The quantitative estimate of drug-likeness (QED) is 0.564. The van der Waals surface area contributed by atoms with E-state index in [2.05, 4.69) is 24.1 Å². The van der Waals surface area contributed by atoms with Crippen LogP contribution in [0.15, 0.2) is 24.3 Å². The van der Waals surface area contributed by atoms with E-state index in [4.69, 9.17) is 10.5 Å². The number of quaternary nitrogens is 1. The molecule has 0 bridgehead atoms. The van der Waals surface area contributed by atoms with E-state index in [1.807, 2.05) is 12.1 Å². The Bertz CT molecular complexity index is 459. The molecule has 2 aliphatic rings. The Morgan fingerprint density at radius 3 is 2.59 bits per heavy atom. The molecule has 0 aromatic heterocycles. The van der Waals surface area contributed by atoms with Gasteiger partial charge in [-0.3, -0.25) is 0 Å². The fraction of sp³-hybridized carbons (Fsp3) is 0.647. The molecule has 124 valence electrons. The maximum absolute atomic E-state index is 6.12. The topological polar surface area (TPSA) is 38.5 Å². The van der Waals surface area contributed by atoms with Crippen molar-refractivity contribution in [2.45, 2.75) is 25.4 Å². The van der Waals surface area contributed by atoms with Gasteiger partial charge in [-0.15, -0.1) is 0 Å². The number of halogens is 1. The first-order chi connectivity index (χ1) is 10.1. The van der Waals surface area contributed by atoms with Gasteiger partial charge in [-0.05, 0) is 30.7 Å². The number of rotatable bonds is 5. The molecule has 4 nitrogen and oxygen atoms in total. The second-order valence-electron chi connectivity index (χ2n) is 6.82. The number of hydrogen-bond donors (Lipinski definition) is 1. The zero-order valence-electron chi connectivity index (χ0n) is 13.5. The van der Waals surface area contributed by atoms with Gasteiger partial charge in [-0.1, -0.05) is 0 Å². The Morgan fingerprint density at radius 2 is 1.91 bits per heavy atom. The van der Waals surface area contributed by atoms with Crippen LogP contribution in [0.5, 0.6) is 0 Å². The van der Waals surface area contributed by atoms with Crippen LogP contribution in [0.25, 0.3) is 0 Å². The standard InChI is InChI=1S/C17H28N3O.ClH/c1-20(10-2-3-11-20)12-13-21-17-8-9-19(14-17)16-6-4-15(18)5-7-16;/h4-7,17H,2-3,8-14,18H2,1H3;1H/q+1;/p-1. The molecule has 3 rings (SSSR count). The summed E-state index contributed by atoms with van der Waals surface area (Å²) in [6.07, 6.45) is 4.28. The fourth-order valence-electron chi connectivity index (χ4n) is 3.55. The summed E-state index contributed by atoms with van der Waals surface area (Å²) in [6, 6.07) is 8.16. The number of benzene rings is 1. The number of nitrogen functional groups attached to an aromatic ring is 1. The predicted molar refractivity (Wildman–Crippen MR) is 87.4 cm³/mol. The van der Waals surface area contributed by atoms with Crippen molar-refractivity contribution < 1.29 is 21.6 Å². The number of likely N-dealkylation sites (tertiary alicyclic amines) is 1. The molecule has 0 saturated carbocycles. The summed E-state index contributed by atoms with van der Waals surface area (Å²) in [6.45, 7) is 6.81. The van der Waals surface area contributed by atoms with Crippen LogP contribution >= 0.6 is 0 Å². The molecule has 1 unspecified atom stereocenters. The molecule has 0 spiro atoms. The Morgan fingerprint density at radius 1 is 1.23 bits per heavy atom. The van der Waals surface area contributed by atoms with Gasteiger partial charge >= 0.3 is 0 Å². The minimum Gasteiger partial charge on any atom is -1.00 e. The zero-order chi connectivity index (χ0) is 14.7. The summed E-state index contributed by atoms with van der Waals surface area (Å²) in [5.41, 5.74) is 7.83. The number of likely N-dealkylation sites (N-methyl/N-ethyl adjacent to an activating group) is 1. The molecule has 1 atom stereocenters. The van der Waals surface area contributed by atoms with Gasteiger partial charge in [0.2, 0.25) is 0 Å². The van der Waals surface area contributed by atoms with Crippen LogP contribution in [-0.4, -0.2) is 57.0 Å². The highest BCUT2D eigenvalue weighted by atomic mass is 35.5. The van der Waals surface area contributed by atoms with Gasteiger partial charge in [0.05, 0.1) is 32.8 Å². The summed E-state index contributed by atoms with van der Waals surface area (Å²) in [5, 5.41) is 0. The highest BCUT2D eigenvalue weighted by Gasteiger charge is 2.28. The van der Waals surface area contributed by atoms with Crippen molar-refractivity contribution in [1.29, 1.82) is 0 Å². The van der Waals surface area contributed by atoms with Gasteiger partial charge < -0.3 is 32.3 Å². The molecule has 0 aliphatic carbocycles. The lowest BCUT2D eigenvalue weighted by Gasteiger charge is -2.29. The molecule has 2 saturated heterocycles. The lowest BCUT2D eigenvalue weighted by molar-refractivity contribution is -0.898. The molecular weight excluding hydrogens is 298 g/mol. The molecule has 2 aliphatic heterocycles. The van der Waals surface area contributed by atoms with E-state index < -0.39 is 0 Å². The van der Waals surface area contributed by atoms with Gasteiger partial charge in [0, 0.05) is 37.3 Å². The number of nitrogens with two attached hydrogens (primary N) is 1. The van der Waals surface area contributed by atoms with Crippen molar-refractivity contribution >= 4 is 11.4 Å². The Hall–Kier alpha value is -0.970. The minimum atomic E-state index is 0. The van der Waals surface area contributed by atoms with E-state index in [0.717, 1.165) is 31.8 Å². The SMILES string of the molecule is C[N+]1(CCOC2CCN(c3ccc(N)cc3)C2)CCCC1.[Cl-]. The second kappa shape index (κ2) is 7.53. The highest BCUT2D eigenvalue weighted by molar-refractivity contribution is 5.53. The zero-order valence-corrected chi connectivity index (χ0v) is 14.3. The van der Waals surface area contributed by atoms with Gasteiger partial charge in [0.15, 0.2) is 0 Å². The van der Waals surface area contributed by atoms with E-state index >= 15 is 0 Å². The van der Waals surface area contributed by atoms with Crippen LogP contribution in [0.4, 0.5) is 11.4 Å². The molecule has 0 amide bonds. The Kier molecular flexibility index (Phi) is 5.95. The second-order valence-corrected chi connectivity index (χ2v) is 6.82. The third kappa shape index (κ3) is 4.28. The third-order valence-corrected chi connectivity index (χ3v) is 5.03. The van der Waals surface area contributed by atoms with Gasteiger partial charge in [-0.25, -0.2) is 0 Å². The molecule has 1 aromatic rings. The van der Waals surface area contributed by atoms with Crippen LogP contribution in [-0.2, 0) is 4.74 Å². The molecule has 5 heteroatoms. The molecular formula is C17H28ClN3O. The number of nitrogens with zero attached hydrogens (tertiary/aromatic N) is 2. The van der Waals surface area contributed by atoms with Crippen molar-refractivity contribution in [2.24, 2.45) is 0 Å². The molecule has 2 heterocycles. The van der Waals surface area contributed by atoms with Gasteiger partial charge in [-0.2, -0.15) is 0 Å². The average Bonchev–Trinajstić information content (AvgIpc) is 3.10. The van der Waals surface area contributed by atoms with E-state index in [1.165, 1.54) is 42.6 Å². The summed E-state index contributed by atoms with van der Waals surface area (Å²) in [7, 11) is 2.37. The van der Waals surface area contributed by atoms with Gasteiger partial charge in [0.25, 0.3) is 0 Å². The summed E-state index contributed by atoms with van der Waals surface area (Å²) in [5.74, 6) is 0. The molecule has 22 heavy (non-hydrogen) atoms. The molecule has 0 radical (unpaired) electrons. The Balaban J connectivity index is 0.00000176. The average molecular weight is 326 g/mol.